The SMILES string of the molecule is Cc1cc(N)ccc1S(=O)(=O)CCC(=O)NC1CC1. The monoisotopic (exact) mass is 282 g/mol. The number of hydrogen-bond donors (Lipinski definition) is 2. The van der Waals surface area contributed by atoms with Crippen molar-refractivity contribution >= 4 is 21.4 Å². The summed E-state index contributed by atoms with van der Waals surface area (Å²) in [5.41, 5.74) is 6.74. The summed E-state index contributed by atoms with van der Waals surface area (Å²) < 4.78 is 24.3. The lowest BCUT2D eigenvalue weighted by molar-refractivity contribution is -0.120. The Morgan fingerprint density at radius 2 is 2.11 bits per heavy atom. The van der Waals surface area contributed by atoms with Crippen LogP contribution in [0.3, 0.4) is 0 Å². The predicted molar refractivity (Wildman–Crippen MR) is 73.4 cm³/mol. The van der Waals surface area contributed by atoms with Crippen LogP contribution in [0.25, 0.3) is 0 Å². The number of rotatable bonds is 5. The van der Waals surface area contributed by atoms with Gasteiger partial charge in [-0.25, -0.2) is 8.42 Å². The highest BCUT2D eigenvalue weighted by Crippen LogP contribution is 2.21. The van der Waals surface area contributed by atoms with Crippen molar-refractivity contribution in [1.82, 2.24) is 5.32 Å². The maximum atomic E-state index is 12.1. The Morgan fingerprint density at radius 1 is 1.42 bits per heavy atom. The molecule has 0 spiro atoms. The number of nitrogens with one attached hydrogen (secondary N) is 1. The van der Waals surface area contributed by atoms with E-state index in [-0.39, 0.29) is 29.0 Å². The molecular formula is C13H18N2O3S. The number of benzene rings is 1. The first-order chi connectivity index (χ1) is 8.88. The molecule has 5 nitrogen and oxygen atoms in total. The van der Waals surface area contributed by atoms with E-state index in [9.17, 15) is 13.2 Å². The molecule has 1 amide bonds. The first-order valence-corrected chi connectivity index (χ1v) is 7.92. The maximum absolute atomic E-state index is 12.1. The number of sulfone groups is 1. The largest absolute Gasteiger partial charge is 0.399 e. The average molecular weight is 282 g/mol. The first-order valence-electron chi connectivity index (χ1n) is 6.27. The van der Waals surface area contributed by atoms with Gasteiger partial charge in [0.15, 0.2) is 9.84 Å². The van der Waals surface area contributed by atoms with Crippen LogP contribution in [0.15, 0.2) is 23.1 Å². The van der Waals surface area contributed by atoms with E-state index in [1.165, 1.54) is 6.07 Å². The highest BCUT2D eigenvalue weighted by Gasteiger charge is 2.24. The van der Waals surface area contributed by atoms with Crippen LogP contribution in [0.5, 0.6) is 0 Å². The maximum Gasteiger partial charge on any atom is 0.221 e. The summed E-state index contributed by atoms with van der Waals surface area (Å²) in [5, 5.41) is 2.78. The van der Waals surface area contributed by atoms with Gasteiger partial charge in [0.05, 0.1) is 10.6 Å². The van der Waals surface area contributed by atoms with E-state index < -0.39 is 9.84 Å². The second-order valence-electron chi connectivity index (χ2n) is 4.94. The van der Waals surface area contributed by atoms with Gasteiger partial charge in [0.1, 0.15) is 0 Å². The third kappa shape index (κ3) is 3.70. The summed E-state index contributed by atoms with van der Waals surface area (Å²) in [5.74, 6) is -0.366. The molecule has 0 radical (unpaired) electrons. The number of nitrogen functional groups attached to an aromatic ring is 1. The minimum Gasteiger partial charge on any atom is -0.399 e. The molecule has 2 rings (SSSR count). The van der Waals surface area contributed by atoms with Crippen molar-refractivity contribution in [3.05, 3.63) is 23.8 Å². The molecule has 1 aromatic rings. The van der Waals surface area contributed by atoms with Gasteiger partial charge in [-0.2, -0.15) is 0 Å². The summed E-state index contributed by atoms with van der Waals surface area (Å²) in [4.78, 5) is 11.8. The molecule has 0 atom stereocenters. The molecule has 0 aliphatic heterocycles. The summed E-state index contributed by atoms with van der Waals surface area (Å²) in [7, 11) is -3.43. The zero-order valence-corrected chi connectivity index (χ0v) is 11.7. The molecule has 19 heavy (non-hydrogen) atoms. The fourth-order valence-corrected chi connectivity index (χ4v) is 3.38. The molecule has 1 aliphatic rings. The van der Waals surface area contributed by atoms with Crippen molar-refractivity contribution in [2.24, 2.45) is 0 Å². The van der Waals surface area contributed by atoms with Crippen LogP contribution in [0.2, 0.25) is 0 Å². The molecule has 0 heterocycles. The van der Waals surface area contributed by atoms with Gasteiger partial charge in [0.2, 0.25) is 5.91 Å². The fraction of sp³-hybridized carbons (Fsp3) is 0.462. The number of hydrogen-bond acceptors (Lipinski definition) is 4. The molecule has 0 aromatic heterocycles. The van der Waals surface area contributed by atoms with E-state index in [0.29, 0.717) is 11.3 Å². The fourth-order valence-electron chi connectivity index (χ4n) is 1.89. The van der Waals surface area contributed by atoms with E-state index in [0.717, 1.165) is 12.8 Å². The van der Waals surface area contributed by atoms with Gasteiger partial charge in [-0.3, -0.25) is 4.79 Å². The highest BCUT2D eigenvalue weighted by atomic mass is 32.2. The predicted octanol–water partition coefficient (Wildman–Crippen LogP) is 1.02. The molecule has 0 unspecified atom stereocenters. The van der Waals surface area contributed by atoms with E-state index in [1.807, 2.05) is 0 Å². The van der Waals surface area contributed by atoms with Gasteiger partial charge in [0.25, 0.3) is 0 Å². The van der Waals surface area contributed by atoms with Crippen molar-refractivity contribution in [3.63, 3.8) is 0 Å². The number of aryl methyl sites for hydroxylation is 1. The Kier molecular flexibility index (Phi) is 3.80. The first kappa shape index (κ1) is 13.9. The van der Waals surface area contributed by atoms with E-state index >= 15 is 0 Å². The minimum absolute atomic E-state index is 0.00263. The third-order valence-electron chi connectivity index (χ3n) is 3.07. The topological polar surface area (TPSA) is 89.3 Å². The van der Waals surface area contributed by atoms with Crippen molar-refractivity contribution < 1.29 is 13.2 Å². The number of carbonyl (C=O) groups is 1. The summed E-state index contributed by atoms with van der Waals surface area (Å²) >= 11 is 0. The van der Waals surface area contributed by atoms with E-state index in [1.54, 1.807) is 19.1 Å². The number of carbonyl (C=O) groups excluding carboxylic acids is 1. The molecular weight excluding hydrogens is 264 g/mol. The molecule has 1 aliphatic carbocycles. The zero-order valence-electron chi connectivity index (χ0n) is 10.8. The summed E-state index contributed by atoms with van der Waals surface area (Å²) in [6.07, 6.45) is 1.99. The lowest BCUT2D eigenvalue weighted by Gasteiger charge is -2.08. The highest BCUT2D eigenvalue weighted by molar-refractivity contribution is 7.91. The van der Waals surface area contributed by atoms with Crippen LogP contribution >= 0.6 is 0 Å². The second kappa shape index (κ2) is 5.21. The molecule has 0 bridgehead atoms. The summed E-state index contributed by atoms with van der Waals surface area (Å²) in [6.45, 7) is 1.70. The van der Waals surface area contributed by atoms with Gasteiger partial charge >= 0.3 is 0 Å². The Labute approximate surface area is 113 Å². The van der Waals surface area contributed by atoms with E-state index in [4.69, 9.17) is 5.73 Å². The third-order valence-corrected chi connectivity index (χ3v) is 4.94. The van der Waals surface area contributed by atoms with Crippen LogP contribution in [-0.2, 0) is 14.6 Å². The van der Waals surface area contributed by atoms with Crippen molar-refractivity contribution in [1.29, 1.82) is 0 Å². The molecule has 6 heteroatoms. The average Bonchev–Trinajstić information content (AvgIpc) is 3.10. The van der Waals surface area contributed by atoms with Crippen LogP contribution in [-0.4, -0.2) is 26.1 Å². The van der Waals surface area contributed by atoms with Crippen LogP contribution in [0.4, 0.5) is 5.69 Å². The van der Waals surface area contributed by atoms with Crippen LogP contribution in [0, 0.1) is 6.92 Å². The van der Waals surface area contributed by atoms with Gasteiger partial charge in [0, 0.05) is 18.2 Å². The lowest BCUT2D eigenvalue weighted by Crippen LogP contribution is -2.27. The van der Waals surface area contributed by atoms with E-state index in [2.05, 4.69) is 5.32 Å². The Balaban J connectivity index is 2.02. The van der Waals surface area contributed by atoms with Gasteiger partial charge < -0.3 is 11.1 Å². The number of amides is 1. The Hall–Kier alpha value is -1.56. The molecule has 104 valence electrons. The molecule has 1 aromatic carbocycles. The molecule has 1 fully saturated rings. The number of nitrogens with two attached hydrogens (primary N) is 1. The Bertz CT molecular complexity index is 592. The summed E-state index contributed by atoms with van der Waals surface area (Å²) in [6, 6.07) is 4.94. The van der Waals surface area contributed by atoms with Gasteiger partial charge in [-0.1, -0.05) is 0 Å². The van der Waals surface area contributed by atoms with Crippen LogP contribution < -0.4 is 11.1 Å². The lowest BCUT2D eigenvalue weighted by atomic mass is 10.2. The molecule has 0 saturated heterocycles. The minimum atomic E-state index is -3.43. The smallest absolute Gasteiger partial charge is 0.221 e. The molecule has 3 N–H and O–H groups in total. The van der Waals surface area contributed by atoms with Gasteiger partial charge in [-0.05, 0) is 43.5 Å². The molecule has 1 saturated carbocycles. The zero-order chi connectivity index (χ0) is 14.0. The van der Waals surface area contributed by atoms with Gasteiger partial charge in [-0.15, -0.1) is 0 Å². The van der Waals surface area contributed by atoms with Crippen molar-refractivity contribution in [2.45, 2.75) is 37.1 Å². The van der Waals surface area contributed by atoms with Crippen molar-refractivity contribution in [2.75, 3.05) is 11.5 Å². The van der Waals surface area contributed by atoms with Crippen molar-refractivity contribution in [3.8, 4) is 0 Å². The normalized spacial score (nSPS) is 15.2. The van der Waals surface area contributed by atoms with Crippen LogP contribution in [0.1, 0.15) is 24.8 Å². The quantitative estimate of drug-likeness (QED) is 0.789. The number of anilines is 1. The Morgan fingerprint density at radius 3 is 2.68 bits per heavy atom. The standard InChI is InChI=1S/C13H18N2O3S/c1-9-8-10(14)2-5-12(9)19(17,18)7-6-13(16)15-11-3-4-11/h2,5,8,11H,3-4,6-7,14H2,1H3,(H,15,16). The second-order valence-corrected chi connectivity index (χ2v) is 7.01.